The molecule has 0 bridgehead atoms. The topological polar surface area (TPSA) is 79.0 Å². The average Bonchev–Trinajstić information content (AvgIpc) is 3.45. The summed E-state index contributed by atoms with van der Waals surface area (Å²) in [6.45, 7) is 2.91. The van der Waals surface area contributed by atoms with E-state index in [4.69, 9.17) is 5.26 Å². The molecular weight excluding hydrogens is 336 g/mol. The van der Waals surface area contributed by atoms with Gasteiger partial charge in [-0.1, -0.05) is 23.9 Å². The van der Waals surface area contributed by atoms with Crippen LogP contribution in [0.2, 0.25) is 0 Å². The zero-order chi connectivity index (χ0) is 17.8. The number of benzene rings is 1. The lowest BCUT2D eigenvalue weighted by Crippen LogP contribution is -2.33. The molecule has 1 aromatic carbocycles. The Morgan fingerprint density at radius 1 is 1.44 bits per heavy atom. The largest absolute Gasteiger partial charge is 0.341 e. The number of hydrogen-bond donors (Lipinski definition) is 0. The van der Waals surface area contributed by atoms with Crippen molar-refractivity contribution in [2.24, 2.45) is 0 Å². The molecule has 0 aliphatic heterocycles. The number of aromatic nitrogens is 2. The van der Waals surface area contributed by atoms with Crippen LogP contribution in [-0.2, 0) is 4.79 Å². The molecular formula is C18H20N4O2S. The van der Waals surface area contributed by atoms with Crippen molar-refractivity contribution in [1.29, 1.82) is 5.26 Å². The normalized spacial score (nSPS) is 13.6. The molecule has 1 aromatic heterocycles. The van der Waals surface area contributed by atoms with Crippen molar-refractivity contribution in [1.82, 2.24) is 14.5 Å². The predicted octanol–water partition coefficient (Wildman–Crippen LogP) is 2.59. The summed E-state index contributed by atoms with van der Waals surface area (Å²) >= 11 is 1.31. The summed E-state index contributed by atoms with van der Waals surface area (Å²) in [4.78, 5) is 31.4. The lowest BCUT2D eigenvalue weighted by atomic mass is 10.2. The zero-order valence-corrected chi connectivity index (χ0v) is 15.0. The molecule has 7 heteroatoms. The van der Waals surface area contributed by atoms with E-state index in [1.165, 1.54) is 11.8 Å². The number of rotatable bonds is 7. The van der Waals surface area contributed by atoms with Gasteiger partial charge >= 0.3 is 0 Å². The number of carbonyl (C=O) groups excluding carboxylic acids is 1. The van der Waals surface area contributed by atoms with Gasteiger partial charge in [-0.25, -0.2) is 4.98 Å². The van der Waals surface area contributed by atoms with E-state index in [0.717, 1.165) is 12.8 Å². The first kappa shape index (κ1) is 17.5. The van der Waals surface area contributed by atoms with Crippen molar-refractivity contribution in [2.45, 2.75) is 37.4 Å². The van der Waals surface area contributed by atoms with Crippen LogP contribution in [-0.4, -0.2) is 39.2 Å². The number of nitriles is 1. The van der Waals surface area contributed by atoms with Gasteiger partial charge in [0.1, 0.15) is 0 Å². The molecule has 1 fully saturated rings. The van der Waals surface area contributed by atoms with E-state index in [0.29, 0.717) is 35.6 Å². The number of para-hydroxylation sites is 1. The van der Waals surface area contributed by atoms with Crippen LogP contribution in [0.15, 0.2) is 34.2 Å². The third kappa shape index (κ3) is 3.85. The maximum Gasteiger partial charge on any atom is 0.262 e. The average molecular weight is 356 g/mol. The minimum absolute atomic E-state index is 0.0279. The molecule has 0 atom stereocenters. The second kappa shape index (κ2) is 7.70. The molecule has 0 spiro atoms. The summed E-state index contributed by atoms with van der Waals surface area (Å²) in [5, 5.41) is 9.92. The van der Waals surface area contributed by atoms with E-state index in [2.05, 4.69) is 11.1 Å². The Bertz CT molecular complexity index is 883. The molecule has 130 valence electrons. The highest BCUT2D eigenvalue weighted by Gasteiger charge is 2.29. The summed E-state index contributed by atoms with van der Waals surface area (Å²) in [5.74, 6) is 0.184. The van der Waals surface area contributed by atoms with Crippen LogP contribution in [0.5, 0.6) is 0 Å². The second-order valence-electron chi connectivity index (χ2n) is 5.99. The number of fused-ring (bicyclic) bond motifs is 1. The third-order valence-electron chi connectivity index (χ3n) is 4.24. The van der Waals surface area contributed by atoms with Gasteiger partial charge in [0.05, 0.1) is 29.1 Å². The van der Waals surface area contributed by atoms with Crippen LogP contribution in [0.4, 0.5) is 0 Å². The molecule has 0 unspecified atom stereocenters. The van der Waals surface area contributed by atoms with Crippen LogP contribution in [0.1, 0.15) is 32.2 Å². The molecule has 25 heavy (non-hydrogen) atoms. The Labute approximate surface area is 150 Å². The van der Waals surface area contributed by atoms with Crippen molar-refractivity contribution < 1.29 is 4.79 Å². The second-order valence-corrected chi connectivity index (χ2v) is 6.93. The Morgan fingerprint density at radius 3 is 2.88 bits per heavy atom. The Hall–Kier alpha value is -2.33. The molecule has 0 radical (unpaired) electrons. The first-order valence-corrected chi connectivity index (χ1v) is 9.43. The number of thioether (sulfide) groups is 1. The standard InChI is InChI=1S/C18H20N4O2S/c1-2-21(11-5-10-19)16(23)12-25-18-20-15-7-4-3-6-14(15)17(24)22(18)13-8-9-13/h3-4,6-7,13H,2,5,8-9,11-12H2,1H3. The van der Waals surface area contributed by atoms with Gasteiger partial charge < -0.3 is 4.90 Å². The van der Waals surface area contributed by atoms with Gasteiger partial charge in [0.2, 0.25) is 5.91 Å². The molecule has 6 nitrogen and oxygen atoms in total. The molecule has 1 aliphatic rings. The first-order chi connectivity index (χ1) is 12.2. The van der Waals surface area contributed by atoms with Crippen molar-refractivity contribution in [2.75, 3.05) is 18.8 Å². The molecule has 2 aromatic rings. The van der Waals surface area contributed by atoms with Gasteiger partial charge in [-0.2, -0.15) is 5.26 Å². The highest BCUT2D eigenvalue weighted by Crippen LogP contribution is 2.36. The number of amides is 1. The van der Waals surface area contributed by atoms with E-state index >= 15 is 0 Å². The number of nitrogens with zero attached hydrogens (tertiary/aromatic N) is 4. The molecule has 3 rings (SSSR count). The molecule has 1 aliphatic carbocycles. The minimum Gasteiger partial charge on any atom is -0.341 e. The van der Waals surface area contributed by atoms with E-state index in [9.17, 15) is 9.59 Å². The highest BCUT2D eigenvalue weighted by molar-refractivity contribution is 7.99. The van der Waals surface area contributed by atoms with Crippen LogP contribution < -0.4 is 5.56 Å². The first-order valence-electron chi connectivity index (χ1n) is 8.44. The van der Waals surface area contributed by atoms with Crippen molar-refractivity contribution in [3.05, 3.63) is 34.6 Å². The van der Waals surface area contributed by atoms with Crippen molar-refractivity contribution >= 4 is 28.6 Å². The molecule has 0 saturated heterocycles. The maximum atomic E-state index is 12.8. The van der Waals surface area contributed by atoms with Crippen molar-refractivity contribution in [3.8, 4) is 6.07 Å². The molecule has 1 amide bonds. The zero-order valence-electron chi connectivity index (χ0n) is 14.1. The van der Waals surface area contributed by atoms with Crippen LogP contribution in [0.25, 0.3) is 10.9 Å². The van der Waals surface area contributed by atoms with E-state index in [-0.39, 0.29) is 23.3 Å². The summed E-state index contributed by atoms with van der Waals surface area (Å²) < 4.78 is 1.74. The quantitative estimate of drug-likeness (QED) is 0.563. The van der Waals surface area contributed by atoms with Crippen LogP contribution in [0, 0.1) is 11.3 Å². The Kier molecular flexibility index (Phi) is 5.39. The lowest BCUT2D eigenvalue weighted by molar-refractivity contribution is -0.128. The number of hydrogen-bond acceptors (Lipinski definition) is 5. The lowest BCUT2D eigenvalue weighted by Gasteiger charge is -2.19. The van der Waals surface area contributed by atoms with Crippen molar-refractivity contribution in [3.63, 3.8) is 0 Å². The summed E-state index contributed by atoms with van der Waals surface area (Å²) in [7, 11) is 0. The molecule has 0 N–H and O–H groups in total. The van der Waals surface area contributed by atoms with Gasteiger partial charge in [0.15, 0.2) is 5.16 Å². The fraction of sp³-hybridized carbons (Fsp3) is 0.444. The van der Waals surface area contributed by atoms with Crippen LogP contribution in [0.3, 0.4) is 0 Å². The monoisotopic (exact) mass is 356 g/mol. The van der Waals surface area contributed by atoms with Gasteiger partial charge in [-0.3, -0.25) is 14.2 Å². The van der Waals surface area contributed by atoms with Gasteiger partial charge in [0.25, 0.3) is 5.56 Å². The van der Waals surface area contributed by atoms with E-state index in [1.54, 1.807) is 15.5 Å². The minimum atomic E-state index is -0.0347. The fourth-order valence-electron chi connectivity index (χ4n) is 2.74. The number of carbonyl (C=O) groups is 1. The smallest absolute Gasteiger partial charge is 0.262 e. The van der Waals surface area contributed by atoms with E-state index < -0.39 is 0 Å². The predicted molar refractivity (Wildman–Crippen MR) is 97.5 cm³/mol. The Morgan fingerprint density at radius 2 is 2.20 bits per heavy atom. The molecule has 1 saturated carbocycles. The summed E-state index contributed by atoms with van der Waals surface area (Å²) in [6.07, 6.45) is 2.28. The SMILES string of the molecule is CCN(CCC#N)C(=O)CSc1nc2ccccc2c(=O)n1C1CC1. The Balaban J connectivity index is 1.83. The van der Waals surface area contributed by atoms with E-state index in [1.807, 2.05) is 25.1 Å². The molecule has 1 heterocycles. The fourth-order valence-corrected chi connectivity index (χ4v) is 3.71. The summed E-state index contributed by atoms with van der Waals surface area (Å²) in [5.41, 5.74) is 0.635. The van der Waals surface area contributed by atoms with Gasteiger partial charge in [-0.05, 0) is 31.9 Å². The summed E-state index contributed by atoms with van der Waals surface area (Å²) in [6, 6.07) is 9.58. The third-order valence-corrected chi connectivity index (χ3v) is 5.18. The van der Waals surface area contributed by atoms with Gasteiger partial charge in [-0.15, -0.1) is 0 Å². The van der Waals surface area contributed by atoms with Crippen LogP contribution >= 0.6 is 11.8 Å². The maximum absolute atomic E-state index is 12.8. The highest BCUT2D eigenvalue weighted by atomic mass is 32.2. The van der Waals surface area contributed by atoms with Gasteiger partial charge in [0, 0.05) is 19.1 Å².